The first-order chi connectivity index (χ1) is 9.38. The zero-order valence-corrected chi connectivity index (χ0v) is 11.0. The Morgan fingerprint density at radius 1 is 1.26 bits per heavy atom. The number of hydrogen-bond donors (Lipinski definition) is 0. The van der Waals surface area contributed by atoms with E-state index in [0.29, 0.717) is 0 Å². The molecule has 0 unspecified atom stereocenters. The molecule has 0 N–H and O–H groups in total. The molecule has 4 heteroatoms. The Labute approximate surface area is 112 Å². The SMILES string of the molecule is COCCn1cc(Cn2ccnc2)c2ccccc21. The quantitative estimate of drug-likeness (QED) is 0.701. The first-order valence-electron chi connectivity index (χ1n) is 6.40. The molecule has 0 saturated heterocycles. The average Bonchev–Trinajstić information content (AvgIpc) is 3.06. The maximum atomic E-state index is 5.17. The maximum absolute atomic E-state index is 5.17. The molecular formula is C15H17N3O. The molecule has 19 heavy (non-hydrogen) atoms. The summed E-state index contributed by atoms with van der Waals surface area (Å²) in [6, 6.07) is 8.49. The summed E-state index contributed by atoms with van der Waals surface area (Å²) < 4.78 is 9.51. The number of benzene rings is 1. The van der Waals surface area contributed by atoms with Crippen molar-refractivity contribution in [2.45, 2.75) is 13.1 Å². The van der Waals surface area contributed by atoms with Gasteiger partial charge in [-0.1, -0.05) is 18.2 Å². The summed E-state index contributed by atoms with van der Waals surface area (Å²) in [5.41, 5.74) is 2.57. The molecular weight excluding hydrogens is 238 g/mol. The minimum Gasteiger partial charge on any atom is -0.383 e. The van der Waals surface area contributed by atoms with Gasteiger partial charge in [-0.15, -0.1) is 0 Å². The largest absolute Gasteiger partial charge is 0.383 e. The fourth-order valence-corrected chi connectivity index (χ4v) is 2.40. The number of fused-ring (bicyclic) bond motifs is 1. The fourth-order valence-electron chi connectivity index (χ4n) is 2.40. The molecule has 1 aromatic carbocycles. The van der Waals surface area contributed by atoms with Crippen molar-refractivity contribution in [3.05, 3.63) is 54.7 Å². The second-order valence-corrected chi connectivity index (χ2v) is 4.59. The van der Waals surface area contributed by atoms with E-state index >= 15 is 0 Å². The lowest BCUT2D eigenvalue weighted by atomic mass is 10.2. The minimum atomic E-state index is 0.725. The second kappa shape index (κ2) is 5.28. The zero-order valence-electron chi connectivity index (χ0n) is 11.0. The Hall–Kier alpha value is -2.07. The van der Waals surface area contributed by atoms with Crippen molar-refractivity contribution in [1.82, 2.24) is 14.1 Å². The van der Waals surface area contributed by atoms with Gasteiger partial charge in [0.05, 0.1) is 19.5 Å². The Balaban J connectivity index is 1.99. The lowest BCUT2D eigenvalue weighted by Gasteiger charge is -2.03. The van der Waals surface area contributed by atoms with Gasteiger partial charge in [-0.2, -0.15) is 0 Å². The molecule has 0 aliphatic carbocycles. The molecule has 2 aromatic heterocycles. The summed E-state index contributed by atoms with van der Waals surface area (Å²) in [7, 11) is 1.73. The summed E-state index contributed by atoms with van der Waals surface area (Å²) in [5, 5.41) is 1.30. The standard InChI is InChI=1S/C15H17N3O/c1-19-9-8-18-11-13(10-17-7-6-16-12-17)14-4-2-3-5-15(14)18/h2-7,11-12H,8-10H2,1H3. The van der Waals surface area contributed by atoms with E-state index in [0.717, 1.165) is 19.7 Å². The molecule has 0 atom stereocenters. The molecule has 98 valence electrons. The normalized spacial score (nSPS) is 11.2. The van der Waals surface area contributed by atoms with Crippen molar-refractivity contribution in [2.75, 3.05) is 13.7 Å². The smallest absolute Gasteiger partial charge is 0.0949 e. The lowest BCUT2D eigenvalue weighted by Crippen LogP contribution is -2.02. The summed E-state index contributed by atoms with van der Waals surface area (Å²) in [6.07, 6.45) is 7.86. The highest BCUT2D eigenvalue weighted by Gasteiger charge is 2.08. The third-order valence-corrected chi connectivity index (χ3v) is 3.32. The van der Waals surface area contributed by atoms with Gasteiger partial charge in [-0.05, 0) is 11.6 Å². The molecule has 0 aliphatic rings. The first kappa shape index (κ1) is 12.0. The summed E-state index contributed by atoms with van der Waals surface area (Å²) in [4.78, 5) is 4.09. The van der Waals surface area contributed by atoms with Gasteiger partial charge in [0.2, 0.25) is 0 Å². The van der Waals surface area contributed by atoms with Crippen molar-refractivity contribution in [3.63, 3.8) is 0 Å². The Bertz CT molecular complexity index is 655. The topological polar surface area (TPSA) is 32.0 Å². The number of aromatic nitrogens is 3. The van der Waals surface area contributed by atoms with Gasteiger partial charge >= 0.3 is 0 Å². The number of imidazole rings is 1. The highest BCUT2D eigenvalue weighted by atomic mass is 16.5. The number of para-hydroxylation sites is 1. The molecule has 0 bridgehead atoms. The lowest BCUT2D eigenvalue weighted by molar-refractivity contribution is 0.188. The third-order valence-electron chi connectivity index (χ3n) is 3.32. The van der Waals surface area contributed by atoms with Crippen LogP contribution >= 0.6 is 0 Å². The highest BCUT2D eigenvalue weighted by Crippen LogP contribution is 2.22. The van der Waals surface area contributed by atoms with Gasteiger partial charge < -0.3 is 13.9 Å². The van der Waals surface area contributed by atoms with E-state index in [1.54, 1.807) is 7.11 Å². The van der Waals surface area contributed by atoms with Crippen molar-refractivity contribution >= 4 is 10.9 Å². The van der Waals surface area contributed by atoms with Crippen LogP contribution in [0.4, 0.5) is 0 Å². The van der Waals surface area contributed by atoms with Gasteiger partial charge in [0.1, 0.15) is 0 Å². The molecule has 0 spiro atoms. The Morgan fingerprint density at radius 3 is 2.95 bits per heavy atom. The number of methoxy groups -OCH3 is 1. The van der Waals surface area contributed by atoms with E-state index in [4.69, 9.17) is 4.74 Å². The number of nitrogens with zero attached hydrogens (tertiary/aromatic N) is 3. The number of hydrogen-bond acceptors (Lipinski definition) is 2. The van der Waals surface area contributed by atoms with Gasteiger partial charge in [0.25, 0.3) is 0 Å². The van der Waals surface area contributed by atoms with Crippen LogP contribution in [-0.4, -0.2) is 27.8 Å². The van der Waals surface area contributed by atoms with E-state index in [1.807, 2.05) is 18.7 Å². The summed E-state index contributed by atoms with van der Waals surface area (Å²) >= 11 is 0. The maximum Gasteiger partial charge on any atom is 0.0949 e. The molecule has 2 heterocycles. The van der Waals surface area contributed by atoms with Crippen LogP contribution in [0.3, 0.4) is 0 Å². The van der Waals surface area contributed by atoms with E-state index in [-0.39, 0.29) is 0 Å². The van der Waals surface area contributed by atoms with E-state index in [2.05, 4.69) is 44.6 Å². The van der Waals surface area contributed by atoms with Crippen LogP contribution in [-0.2, 0) is 17.8 Å². The number of rotatable bonds is 5. The molecule has 0 amide bonds. The molecule has 0 radical (unpaired) electrons. The minimum absolute atomic E-state index is 0.725. The van der Waals surface area contributed by atoms with Gasteiger partial charge in [-0.25, -0.2) is 4.98 Å². The van der Waals surface area contributed by atoms with Crippen LogP contribution in [0.25, 0.3) is 10.9 Å². The van der Waals surface area contributed by atoms with E-state index < -0.39 is 0 Å². The predicted molar refractivity (Wildman–Crippen MR) is 75.1 cm³/mol. The Morgan fingerprint density at radius 2 is 2.16 bits per heavy atom. The van der Waals surface area contributed by atoms with Crippen LogP contribution in [0.2, 0.25) is 0 Å². The Kier molecular flexibility index (Phi) is 3.33. The average molecular weight is 255 g/mol. The van der Waals surface area contributed by atoms with Crippen LogP contribution in [0.15, 0.2) is 49.2 Å². The molecule has 0 fully saturated rings. The van der Waals surface area contributed by atoms with Gasteiger partial charge in [0.15, 0.2) is 0 Å². The summed E-state index contributed by atoms with van der Waals surface area (Å²) in [5.74, 6) is 0. The van der Waals surface area contributed by atoms with E-state index in [1.165, 1.54) is 16.5 Å². The van der Waals surface area contributed by atoms with Crippen molar-refractivity contribution in [1.29, 1.82) is 0 Å². The van der Waals surface area contributed by atoms with Gasteiger partial charge in [0, 0.05) is 43.1 Å². The molecule has 3 rings (SSSR count). The van der Waals surface area contributed by atoms with Crippen molar-refractivity contribution in [2.24, 2.45) is 0 Å². The number of ether oxygens (including phenoxy) is 1. The van der Waals surface area contributed by atoms with Crippen molar-refractivity contribution < 1.29 is 4.74 Å². The molecule has 0 saturated carbocycles. The third kappa shape index (κ3) is 2.39. The van der Waals surface area contributed by atoms with Crippen LogP contribution in [0.5, 0.6) is 0 Å². The predicted octanol–water partition coefficient (Wildman–Crippen LogP) is 2.53. The van der Waals surface area contributed by atoms with Crippen LogP contribution in [0.1, 0.15) is 5.56 Å². The van der Waals surface area contributed by atoms with Gasteiger partial charge in [-0.3, -0.25) is 0 Å². The molecule has 3 aromatic rings. The zero-order chi connectivity index (χ0) is 13.1. The highest BCUT2D eigenvalue weighted by molar-refractivity contribution is 5.83. The first-order valence-corrected chi connectivity index (χ1v) is 6.40. The fraction of sp³-hybridized carbons (Fsp3) is 0.267. The van der Waals surface area contributed by atoms with Crippen LogP contribution in [0, 0.1) is 0 Å². The van der Waals surface area contributed by atoms with Crippen LogP contribution < -0.4 is 0 Å². The van der Waals surface area contributed by atoms with E-state index in [9.17, 15) is 0 Å². The molecule has 0 aliphatic heterocycles. The summed E-state index contributed by atoms with van der Waals surface area (Å²) in [6.45, 7) is 2.45. The van der Waals surface area contributed by atoms with Crippen molar-refractivity contribution in [3.8, 4) is 0 Å². The monoisotopic (exact) mass is 255 g/mol. The molecule has 4 nitrogen and oxygen atoms in total. The second-order valence-electron chi connectivity index (χ2n) is 4.59.